The molecule has 0 radical (unpaired) electrons. The largest absolute Gasteiger partial charge is 0.307 e. The summed E-state index contributed by atoms with van der Waals surface area (Å²) in [5.41, 5.74) is 1.03. The van der Waals surface area contributed by atoms with Crippen LogP contribution in [0, 0.1) is 6.92 Å². The summed E-state index contributed by atoms with van der Waals surface area (Å²) in [6.07, 6.45) is 0. The predicted molar refractivity (Wildman–Crippen MR) is 101 cm³/mol. The lowest BCUT2D eigenvalue weighted by Crippen LogP contribution is -2.23. The minimum atomic E-state index is -3.71. The van der Waals surface area contributed by atoms with Crippen molar-refractivity contribution < 1.29 is 13.2 Å². The van der Waals surface area contributed by atoms with Gasteiger partial charge >= 0.3 is 0 Å². The van der Waals surface area contributed by atoms with Crippen LogP contribution >= 0.6 is 11.3 Å². The van der Waals surface area contributed by atoms with Gasteiger partial charge < -0.3 is 5.32 Å². The highest BCUT2D eigenvalue weighted by molar-refractivity contribution is 7.89. The average molecular weight is 390 g/mol. The highest BCUT2D eigenvalue weighted by Crippen LogP contribution is 2.16. The molecule has 0 spiro atoms. The Labute approximate surface area is 155 Å². The highest BCUT2D eigenvalue weighted by atomic mass is 32.2. The Morgan fingerprint density at radius 2 is 2.04 bits per heavy atom. The lowest BCUT2D eigenvalue weighted by atomic mass is 10.2. The van der Waals surface area contributed by atoms with Gasteiger partial charge in [-0.25, -0.2) is 13.1 Å². The number of nitrogens with zero attached hydrogens (tertiary/aromatic N) is 2. The number of hydrogen-bond acceptors (Lipinski definition) is 5. The number of hydrogen-bond donors (Lipinski definition) is 2. The van der Waals surface area contributed by atoms with Gasteiger partial charge in [-0.05, 0) is 36.6 Å². The normalized spacial score (nSPS) is 11.5. The monoisotopic (exact) mass is 390 g/mol. The maximum atomic E-state index is 12.5. The van der Waals surface area contributed by atoms with E-state index in [2.05, 4.69) is 15.1 Å². The van der Waals surface area contributed by atoms with Gasteiger partial charge in [0.15, 0.2) is 0 Å². The van der Waals surface area contributed by atoms with Gasteiger partial charge in [0.2, 0.25) is 10.0 Å². The van der Waals surface area contributed by atoms with Gasteiger partial charge in [-0.15, -0.1) is 11.3 Å². The van der Waals surface area contributed by atoms with E-state index in [9.17, 15) is 13.2 Å². The fourth-order valence-electron chi connectivity index (χ4n) is 2.38. The summed E-state index contributed by atoms with van der Waals surface area (Å²) in [5, 5.41) is 8.77. The Balaban J connectivity index is 1.76. The Morgan fingerprint density at radius 3 is 2.69 bits per heavy atom. The van der Waals surface area contributed by atoms with Gasteiger partial charge in [0.1, 0.15) is 5.82 Å². The molecule has 0 saturated heterocycles. The summed E-state index contributed by atoms with van der Waals surface area (Å²) < 4.78 is 29.0. The predicted octanol–water partition coefficient (Wildman–Crippen LogP) is 2.52. The van der Waals surface area contributed by atoms with E-state index in [-0.39, 0.29) is 17.0 Å². The third kappa shape index (κ3) is 4.18. The van der Waals surface area contributed by atoms with Crippen molar-refractivity contribution in [2.45, 2.75) is 18.4 Å². The summed E-state index contributed by atoms with van der Waals surface area (Å²) in [7, 11) is -1.99. The summed E-state index contributed by atoms with van der Waals surface area (Å²) >= 11 is 1.47. The zero-order valence-electron chi connectivity index (χ0n) is 14.3. The van der Waals surface area contributed by atoms with E-state index >= 15 is 0 Å². The number of aryl methyl sites for hydroxylation is 2. The Morgan fingerprint density at radius 1 is 1.23 bits per heavy atom. The Hall–Kier alpha value is -2.49. The number of carbonyl (C=O) groups excluding carboxylic acids is 1. The van der Waals surface area contributed by atoms with E-state index in [0.29, 0.717) is 5.82 Å². The molecule has 3 rings (SSSR count). The van der Waals surface area contributed by atoms with E-state index in [1.807, 2.05) is 24.4 Å². The van der Waals surface area contributed by atoms with E-state index in [4.69, 9.17) is 0 Å². The molecule has 136 valence electrons. The van der Waals surface area contributed by atoms with Crippen molar-refractivity contribution in [2.24, 2.45) is 7.05 Å². The van der Waals surface area contributed by atoms with Crippen LogP contribution < -0.4 is 10.0 Å². The van der Waals surface area contributed by atoms with Crippen molar-refractivity contribution in [2.75, 3.05) is 5.32 Å². The summed E-state index contributed by atoms with van der Waals surface area (Å²) in [6, 6.07) is 11.4. The molecule has 0 bridgehead atoms. The molecule has 1 aromatic carbocycles. The molecule has 0 aliphatic heterocycles. The first-order valence-electron chi connectivity index (χ1n) is 7.79. The van der Waals surface area contributed by atoms with Crippen LogP contribution in [-0.2, 0) is 23.6 Å². The van der Waals surface area contributed by atoms with Gasteiger partial charge in [-0.2, -0.15) is 5.10 Å². The molecular formula is C17H18N4O3S2. The number of anilines is 1. The van der Waals surface area contributed by atoms with Crippen LogP contribution in [0.5, 0.6) is 0 Å². The van der Waals surface area contributed by atoms with Gasteiger partial charge in [0.25, 0.3) is 5.91 Å². The first-order valence-corrected chi connectivity index (χ1v) is 10.2. The van der Waals surface area contributed by atoms with Gasteiger partial charge in [0, 0.05) is 30.1 Å². The first kappa shape index (κ1) is 18.3. The zero-order chi connectivity index (χ0) is 18.7. The lowest BCUT2D eigenvalue weighted by molar-refractivity contribution is 0.102. The van der Waals surface area contributed by atoms with Crippen molar-refractivity contribution in [3.8, 4) is 0 Å². The number of amides is 1. The topological polar surface area (TPSA) is 93.1 Å². The highest BCUT2D eigenvalue weighted by Gasteiger charge is 2.17. The molecule has 0 fully saturated rings. The number of benzene rings is 1. The standard InChI is InChI=1S/C17H18N4O3S2/c1-12-9-16(21(2)20-12)19-17(22)13-5-3-7-15(10-13)26(23,24)18-11-14-6-4-8-25-14/h3-10,18H,11H2,1-2H3,(H,19,22). The third-order valence-electron chi connectivity index (χ3n) is 3.67. The minimum absolute atomic E-state index is 0.0443. The molecular weight excluding hydrogens is 372 g/mol. The number of rotatable bonds is 6. The van der Waals surface area contributed by atoms with E-state index in [1.54, 1.807) is 29.9 Å². The Bertz CT molecular complexity index is 1020. The zero-order valence-corrected chi connectivity index (χ0v) is 15.9. The number of thiophene rings is 1. The van der Waals surface area contributed by atoms with Crippen LogP contribution in [0.25, 0.3) is 0 Å². The molecule has 2 N–H and O–H groups in total. The second kappa shape index (κ2) is 7.40. The second-order valence-electron chi connectivity index (χ2n) is 5.68. The number of sulfonamides is 1. The smallest absolute Gasteiger partial charge is 0.256 e. The van der Waals surface area contributed by atoms with Crippen LogP contribution in [0.4, 0.5) is 5.82 Å². The van der Waals surface area contributed by atoms with Crippen LogP contribution in [0.3, 0.4) is 0 Å². The molecule has 0 unspecified atom stereocenters. The summed E-state index contributed by atoms with van der Waals surface area (Å²) in [5.74, 6) is 0.139. The van der Waals surface area contributed by atoms with Crippen LogP contribution in [0.15, 0.2) is 52.7 Å². The molecule has 9 heteroatoms. The van der Waals surface area contributed by atoms with Crippen molar-refractivity contribution >= 4 is 33.1 Å². The number of aromatic nitrogens is 2. The van der Waals surface area contributed by atoms with Crippen molar-refractivity contribution in [3.05, 3.63) is 64.0 Å². The third-order valence-corrected chi connectivity index (χ3v) is 5.94. The molecule has 7 nitrogen and oxygen atoms in total. The molecule has 0 aliphatic rings. The molecule has 2 aromatic heterocycles. The quantitative estimate of drug-likeness (QED) is 0.676. The van der Waals surface area contributed by atoms with Crippen molar-refractivity contribution in [1.29, 1.82) is 0 Å². The summed E-state index contributed by atoms with van der Waals surface area (Å²) in [6.45, 7) is 2.03. The molecule has 0 aliphatic carbocycles. The van der Waals surface area contributed by atoms with Crippen LogP contribution in [0.1, 0.15) is 20.9 Å². The summed E-state index contributed by atoms with van der Waals surface area (Å²) in [4.78, 5) is 13.4. The Kier molecular flexibility index (Phi) is 5.21. The average Bonchev–Trinajstić information content (AvgIpc) is 3.23. The minimum Gasteiger partial charge on any atom is -0.307 e. The molecule has 26 heavy (non-hydrogen) atoms. The van der Waals surface area contributed by atoms with Gasteiger partial charge in [-0.3, -0.25) is 9.48 Å². The fourth-order valence-corrected chi connectivity index (χ4v) is 4.17. The number of carbonyl (C=O) groups is 1. The van der Waals surface area contributed by atoms with Crippen molar-refractivity contribution in [3.63, 3.8) is 0 Å². The molecule has 0 atom stereocenters. The first-order chi connectivity index (χ1) is 12.3. The van der Waals surface area contributed by atoms with E-state index in [0.717, 1.165) is 10.6 Å². The number of nitrogens with one attached hydrogen (secondary N) is 2. The van der Waals surface area contributed by atoms with Crippen LogP contribution in [0.2, 0.25) is 0 Å². The van der Waals surface area contributed by atoms with E-state index in [1.165, 1.54) is 23.5 Å². The molecule has 1 amide bonds. The fraction of sp³-hybridized carbons (Fsp3) is 0.176. The maximum Gasteiger partial charge on any atom is 0.256 e. The van der Waals surface area contributed by atoms with Gasteiger partial charge in [-0.1, -0.05) is 12.1 Å². The molecule has 3 aromatic rings. The van der Waals surface area contributed by atoms with Crippen molar-refractivity contribution in [1.82, 2.24) is 14.5 Å². The SMILES string of the molecule is Cc1cc(NC(=O)c2cccc(S(=O)(=O)NCc3cccs3)c2)n(C)n1. The van der Waals surface area contributed by atoms with Gasteiger partial charge in [0.05, 0.1) is 10.6 Å². The molecule has 0 saturated carbocycles. The van der Waals surface area contributed by atoms with E-state index < -0.39 is 15.9 Å². The maximum absolute atomic E-state index is 12.5. The van der Waals surface area contributed by atoms with Crippen LogP contribution in [-0.4, -0.2) is 24.1 Å². The molecule has 2 heterocycles. The second-order valence-corrected chi connectivity index (χ2v) is 8.48. The lowest BCUT2D eigenvalue weighted by Gasteiger charge is -2.09.